The quantitative estimate of drug-likeness (QED) is 0.651. The molecule has 0 amide bonds. The van der Waals surface area contributed by atoms with Gasteiger partial charge < -0.3 is 10.1 Å². The van der Waals surface area contributed by atoms with Gasteiger partial charge in [-0.25, -0.2) is 0 Å². The molecule has 1 rings (SSSR count). The van der Waals surface area contributed by atoms with Crippen molar-refractivity contribution in [3.8, 4) is 0 Å². The fourth-order valence-corrected chi connectivity index (χ4v) is 1.69. The lowest BCUT2D eigenvalue weighted by Gasteiger charge is -2.38. The van der Waals surface area contributed by atoms with Gasteiger partial charge in [-0.2, -0.15) is 0 Å². The minimum atomic E-state index is 0.362. The Morgan fingerprint density at radius 1 is 1.55 bits per heavy atom. The van der Waals surface area contributed by atoms with Crippen LogP contribution in [-0.2, 0) is 4.74 Å². The van der Waals surface area contributed by atoms with E-state index in [1.54, 1.807) is 0 Å². The average Bonchev–Trinajstić information content (AvgIpc) is 1.94. The molecule has 0 spiro atoms. The molecule has 1 aliphatic heterocycles. The summed E-state index contributed by atoms with van der Waals surface area (Å²) in [7, 11) is 2.02. The maximum absolute atomic E-state index is 5.43. The first kappa shape index (κ1) is 9.01. The van der Waals surface area contributed by atoms with Gasteiger partial charge in [0.1, 0.15) is 0 Å². The molecule has 1 saturated heterocycles. The fraction of sp³-hybridized carbons (Fsp3) is 1.00. The van der Waals surface area contributed by atoms with Crippen molar-refractivity contribution in [3.05, 3.63) is 0 Å². The van der Waals surface area contributed by atoms with E-state index >= 15 is 0 Å². The SMILES string of the molecule is CNCC1CCOCC1(C)C. The molecule has 0 aromatic heterocycles. The molecule has 0 bridgehead atoms. The Bertz CT molecular complexity index is 121. The highest BCUT2D eigenvalue weighted by molar-refractivity contribution is 4.82. The van der Waals surface area contributed by atoms with E-state index in [0.717, 1.165) is 25.7 Å². The molecule has 0 aromatic rings. The van der Waals surface area contributed by atoms with E-state index < -0.39 is 0 Å². The van der Waals surface area contributed by atoms with E-state index in [4.69, 9.17) is 4.74 Å². The van der Waals surface area contributed by atoms with Crippen LogP contribution in [0.4, 0.5) is 0 Å². The van der Waals surface area contributed by atoms with Crippen LogP contribution in [0.15, 0.2) is 0 Å². The van der Waals surface area contributed by atoms with E-state index in [9.17, 15) is 0 Å². The molecule has 0 aliphatic carbocycles. The topological polar surface area (TPSA) is 21.3 Å². The highest BCUT2D eigenvalue weighted by Gasteiger charge is 2.32. The second-order valence-electron chi connectivity index (χ2n) is 4.08. The first-order valence-electron chi connectivity index (χ1n) is 4.39. The molecule has 0 aromatic carbocycles. The van der Waals surface area contributed by atoms with E-state index in [2.05, 4.69) is 19.2 Å². The van der Waals surface area contributed by atoms with Crippen LogP contribution in [0, 0.1) is 11.3 Å². The van der Waals surface area contributed by atoms with Gasteiger partial charge in [0, 0.05) is 6.61 Å². The van der Waals surface area contributed by atoms with Gasteiger partial charge in [0.2, 0.25) is 0 Å². The summed E-state index contributed by atoms with van der Waals surface area (Å²) >= 11 is 0. The van der Waals surface area contributed by atoms with Crippen LogP contribution in [0.1, 0.15) is 20.3 Å². The minimum Gasteiger partial charge on any atom is -0.381 e. The molecule has 0 saturated carbocycles. The number of hydrogen-bond acceptors (Lipinski definition) is 2. The van der Waals surface area contributed by atoms with Gasteiger partial charge in [0.05, 0.1) is 6.61 Å². The van der Waals surface area contributed by atoms with Crippen LogP contribution in [0.5, 0.6) is 0 Å². The summed E-state index contributed by atoms with van der Waals surface area (Å²) < 4.78 is 5.43. The summed E-state index contributed by atoms with van der Waals surface area (Å²) in [4.78, 5) is 0. The molecule has 1 atom stereocenters. The lowest BCUT2D eigenvalue weighted by molar-refractivity contribution is -0.0301. The van der Waals surface area contributed by atoms with Crippen molar-refractivity contribution in [1.82, 2.24) is 5.32 Å². The monoisotopic (exact) mass is 157 g/mol. The second-order valence-corrected chi connectivity index (χ2v) is 4.08. The zero-order valence-electron chi connectivity index (χ0n) is 7.81. The van der Waals surface area contributed by atoms with Gasteiger partial charge in [-0.15, -0.1) is 0 Å². The first-order valence-corrected chi connectivity index (χ1v) is 4.39. The molecule has 1 fully saturated rings. The van der Waals surface area contributed by atoms with Gasteiger partial charge >= 0.3 is 0 Å². The van der Waals surface area contributed by atoms with E-state index in [-0.39, 0.29) is 0 Å². The van der Waals surface area contributed by atoms with Crippen LogP contribution >= 0.6 is 0 Å². The second kappa shape index (κ2) is 3.55. The maximum atomic E-state index is 5.43. The lowest BCUT2D eigenvalue weighted by atomic mass is 9.76. The molecule has 66 valence electrons. The van der Waals surface area contributed by atoms with Crippen molar-refractivity contribution in [1.29, 1.82) is 0 Å². The minimum absolute atomic E-state index is 0.362. The Morgan fingerprint density at radius 2 is 2.27 bits per heavy atom. The molecular formula is C9H19NO. The highest BCUT2D eigenvalue weighted by atomic mass is 16.5. The summed E-state index contributed by atoms with van der Waals surface area (Å²) in [5, 5.41) is 3.24. The molecule has 2 heteroatoms. The summed E-state index contributed by atoms with van der Waals surface area (Å²) in [5.74, 6) is 0.779. The van der Waals surface area contributed by atoms with E-state index in [0.29, 0.717) is 5.41 Å². The molecular weight excluding hydrogens is 138 g/mol. The Morgan fingerprint density at radius 3 is 2.82 bits per heavy atom. The average molecular weight is 157 g/mol. The van der Waals surface area contributed by atoms with E-state index in [1.165, 1.54) is 6.42 Å². The van der Waals surface area contributed by atoms with Gasteiger partial charge in [0.25, 0.3) is 0 Å². The number of nitrogens with one attached hydrogen (secondary N) is 1. The fourth-order valence-electron chi connectivity index (χ4n) is 1.69. The van der Waals surface area contributed by atoms with Crippen molar-refractivity contribution in [2.45, 2.75) is 20.3 Å². The van der Waals surface area contributed by atoms with Crippen molar-refractivity contribution >= 4 is 0 Å². The summed E-state index contributed by atoms with van der Waals surface area (Å²) in [6.07, 6.45) is 1.20. The van der Waals surface area contributed by atoms with Crippen LogP contribution in [0.25, 0.3) is 0 Å². The largest absolute Gasteiger partial charge is 0.381 e. The zero-order chi connectivity index (χ0) is 8.32. The Hall–Kier alpha value is -0.0800. The van der Waals surface area contributed by atoms with Gasteiger partial charge in [-0.05, 0) is 31.3 Å². The lowest BCUT2D eigenvalue weighted by Crippen LogP contribution is -2.40. The van der Waals surface area contributed by atoms with Crippen molar-refractivity contribution in [3.63, 3.8) is 0 Å². The zero-order valence-corrected chi connectivity index (χ0v) is 7.81. The molecule has 1 N–H and O–H groups in total. The predicted octanol–water partition coefficient (Wildman–Crippen LogP) is 1.27. The van der Waals surface area contributed by atoms with Crippen LogP contribution in [-0.4, -0.2) is 26.8 Å². The predicted molar refractivity (Wildman–Crippen MR) is 46.6 cm³/mol. The third kappa shape index (κ3) is 2.17. The number of ether oxygens (including phenoxy) is 1. The van der Waals surface area contributed by atoms with Crippen molar-refractivity contribution in [2.24, 2.45) is 11.3 Å². The van der Waals surface area contributed by atoms with Crippen LogP contribution in [0.3, 0.4) is 0 Å². The Labute approximate surface area is 69.3 Å². The molecule has 1 aliphatic rings. The Balaban J connectivity index is 2.45. The summed E-state index contributed by atoms with van der Waals surface area (Å²) in [5.41, 5.74) is 0.362. The standard InChI is InChI=1S/C9H19NO/c1-9(2)7-11-5-4-8(9)6-10-3/h8,10H,4-7H2,1-3H3. The third-order valence-corrected chi connectivity index (χ3v) is 2.64. The Kier molecular flexibility index (Phi) is 2.90. The molecule has 2 nitrogen and oxygen atoms in total. The number of rotatable bonds is 2. The number of hydrogen-bond donors (Lipinski definition) is 1. The normalized spacial score (nSPS) is 30.3. The van der Waals surface area contributed by atoms with E-state index in [1.807, 2.05) is 7.05 Å². The smallest absolute Gasteiger partial charge is 0.0520 e. The molecule has 1 heterocycles. The maximum Gasteiger partial charge on any atom is 0.0520 e. The van der Waals surface area contributed by atoms with Crippen LogP contribution < -0.4 is 5.32 Å². The first-order chi connectivity index (χ1) is 5.17. The molecule has 1 unspecified atom stereocenters. The van der Waals surface area contributed by atoms with Crippen LogP contribution in [0.2, 0.25) is 0 Å². The van der Waals surface area contributed by atoms with Crippen molar-refractivity contribution in [2.75, 3.05) is 26.8 Å². The summed E-state index contributed by atoms with van der Waals surface area (Å²) in [6, 6.07) is 0. The van der Waals surface area contributed by atoms with Gasteiger partial charge in [-0.1, -0.05) is 13.8 Å². The van der Waals surface area contributed by atoms with Gasteiger partial charge in [-0.3, -0.25) is 0 Å². The third-order valence-electron chi connectivity index (χ3n) is 2.64. The molecule has 11 heavy (non-hydrogen) atoms. The van der Waals surface area contributed by atoms with Gasteiger partial charge in [0.15, 0.2) is 0 Å². The molecule has 0 radical (unpaired) electrons. The highest BCUT2D eigenvalue weighted by Crippen LogP contribution is 2.32. The summed E-state index contributed by atoms with van der Waals surface area (Å²) in [6.45, 7) is 7.55. The van der Waals surface area contributed by atoms with Crippen molar-refractivity contribution < 1.29 is 4.74 Å².